The van der Waals surface area contributed by atoms with Crippen LogP contribution in [0.2, 0.25) is 0 Å². The fourth-order valence-corrected chi connectivity index (χ4v) is 2.86. The number of benzene rings is 1. The van der Waals surface area contributed by atoms with E-state index in [4.69, 9.17) is 0 Å². The third-order valence-electron chi connectivity index (χ3n) is 4.37. The van der Waals surface area contributed by atoms with Gasteiger partial charge in [-0.05, 0) is 44.0 Å². The van der Waals surface area contributed by atoms with Crippen molar-refractivity contribution in [3.8, 4) is 0 Å². The molecule has 2 heterocycles. The number of anilines is 1. The first-order chi connectivity index (χ1) is 12.2. The van der Waals surface area contributed by atoms with Crippen LogP contribution in [-0.4, -0.2) is 21.9 Å². The van der Waals surface area contributed by atoms with Crippen molar-refractivity contribution in [3.05, 3.63) is 66.0 Å². The molecule has 25 heavy (non-hydrogen) atoms. The maximum Gasteiger partial charge on any atom is 0.252 e. The van der Waals surface area contributed by atoms with Gasteiger partial charge in [0.1, 0.15) is 5.82 Å². The van der Waals surface area contributed by atoms with Gasteiger partial charge in [0.25, 0.3) is 5.91 Å². The molecule has 1 saturated carbocycles. The van der Waals surface area contributed by atoms with Crippen LogP contribution in [0, 0.1) is 0 Å². The zero-order valence-electron chi connectivity index (χ0n) is 14.1. The highest BCUT2D eigenvalue weighted by Gasteiger charge is 2.25. The van der Waals surface area contributed by atoms with Crippen LogP contribution in [0.1, 0.15) is 41.9 Å². The monoisotopic (exact) mass is 332 g/mol. The van der Waals surface area contributed by atoms with E-state index >= 15 is 0 Å². The molecule has 0 aliphatic heterocycles. The van der Waals surface area contributed by atoms with Crippen molar-refractivity contribution in [2.24, 2.45) is 0 Å². The van der Waals surface area contributed by atoms with Crippen LogP contribution in [0.15, 0.2) is 54.7 Å². The zero-order valence-corrected chi connectivity index (χ0v) is 14.1. The molecule has 126 valence electrons. The van der Waals surface area contributed by atoms with Crippen molar-refractivity contribution < 1.29 is 4.79 Å². The van der Waals surface area contributed by atoms with Crippen LogP contribution in [0.4, 0.5) is 5.82 Å². The second-order valence-electron chi connectivity index (χ2n) is 6.44. The molecule has 1 unspecified atom stereocenters. The minimum Gasteiger partial charge on any atom is -0.362 e. The highest BCUT2D eigenvalue weighted by molar-refractivity contribution is 6.07. The van der Waals surface area contributed by atoms with Gasteiger partial charge >= 0.3 is 0 Å². The molecule has 4 rings (SSSR count). The molecule has 0 saturated heterocycles. The number of amides is 1. The second-order valence-corrected chi connectivity index (χ2v) is 6.44. The van der Waals surface area contributed by atoms with Crippen LogP contribution < -0.4 is 10.6 Å². The summed E-state index contributed by atoms with van der Waals surface area (Å²) in [4.78, 5) is 21.7. The Morgan fingerprint density at radius 1 is 1.16 bits per heavy atom. The SMILES string of the molecule is CC(Nc1cc(C(=O)NC2CC2)c2ccccc2n1)c1ccccn1. The van der Waals surface area contributed by atoms with Gasteiger partial charge in [-0.15, -0.1) is 0 Å². The summed E-state index contributed by atoms with van der Waals surface area (Å²) >= 11 is 0. The van der Waals surface area contributed by atoms with E-state index in [2.05, 4.69) is 20.6 Å². The maximum atomic E-state index is 12.6. The lowest BCUT2D eigenvalue weighted by atomic mass is 10.1. The van der Waals surface area contributed by atoms with Gasteiger partial charge < -0.3 is 10.6 Å². The third-order valence-corrected chi connectivity index (χ3v) is 4.37. The highest BCUT2D eigenvalue weighted by Crippen LogP contribution is 2.25. The molecule has 1 aliphatic rings. The molecule has 5 heteroatoms. The molecule has 5 nitrogen and oxygen atoms in total. The summed E-state index contributed by atoms with van der Waals surface area (Å²) in [5, 5.41) is 7.30. The van der Waals surface area contributed by atoms with Crippen LogP contribution in [0.5, 0.6) is 0 Å². The summed E-state index contributed by atoms with van der Waals surface area (Å²) in [6, 6.07) is 15.7. The molecule has 0 bridgehead atoms. The minimum atomic E-state index is -0.0327. The number of nitrogens with zero attached hydrogens (tertiary/aromatic N) is 2. The summed E-state index contributed by atoms with van der Waals surface area (Å²) in [5.74, 6) is 0.646. The molecule has 1 amide bonds. The highest BCUT2D eigenvalue weighted by atomic mass is 16.1. The number of pyridine rings is 2. The number of aromatic nitrogens is 2. The van der Waals surface area contributed by atoms with E-state index in [0.29, 0.717) is 17.4 Å². The molecular formula is C20H20N4O. The molecule has 2 aromatic heterocycles. The van der Waals surface area contributed by atoms with Gasteiger partial charge in [0.15, 0.2) is 0 Å². The summed E-state index contributed by atoms with van der Waals surface area (Å²) in [6.45, 7) is 2.03. The first kappa shape index (κ1) is 15.6. The Hall–Kier alpha value is -2.95. The molecule has 3 aromatic rings. The Labute approximate surface area is 146 Å². The van der Waals surface area contributed by atoms with Crippen LogP contribution in [0.3, 0.4) is 0 Å². The number of fused-ring (bicyclic) bond motifs is 1. The average molecular weight is 332 g/mol. The Morgan fingerprint density at radius 2 is 1.96 bits per heavy atom. The number of para-hydroxylation sites is 1. The Kier molecular flexibility index (Phi) is 4.06. The van der Waals surface area contributed by atoms with Gasteiger partial charge in [-0.2, -0.15) is 0 Å². The number of carbonyl (C=O) groups is 1. The zero-order chi connectivity index (χ0) is 17.2. The largest absolute Gasteiger partial charge is 0.362 e. The van der Waals surface area contributed by atoms with Crippen LogP contribution in [0.25, 0.3) is 10.9 Å². The van der Waals surface area contributed by atoms with Crippen molar-refractivity contribution >= 4 is 22.6 Å². The van der Waals surface area contributed by atoms with Crippen LogP contribution >= 0.6 is 0 Å². The van der Waals surface area contributed by atoms with Gasteiger partial charge in [0.2, 0.25) is 0 Å². The summed E-state index contributed by atoms with van der Waals surface area (Å²) in [7, 11) is 0. The van der Waals surface area contributed by atoms with Crippen molar-refractivity contribution in [1.29, 1.82) is 0 Å². The second kappa shape index (κ2) is 6.51. The van der Waals surface area contributed by atoms with Crippen molar-refractivity contribution in [2.45, 2.75) is 31.8 Å². The molecule has 0 spiro atoms. The molecule has 1 aliphatic carbocycles. The summed E-state index contributed by atoms with van der Waals surface area (Å²) < 4.78 is 0. The van der Waals surface area contributed by atoms with Gasteiger partial charge in [0, 0.05) is 17.6 Å². The molecule has 1 atom stereocenters. The predicted octanol–water partition coefficient (Wildman–Crippen LogP) is 3.70. The normalized spacial score (nSPS) is 14.9. The van der Waals surface area contributed by atoms with Gasteiger partial charge in [-0.3, -0.25) is 9.78 Å². The van der Waals surface area contributed by atoms with E-state index in [1.807, 2.05) is 55.5 Å². The average Bonchev–Trinajstić information content (AvgIpc) is 3.45. The fourth-order valence-electron chi connectivity index (χ4n) is 2.86. The first-order valence-electron chi connectivity index (χ1n) is 8.59. The van der Waals surface area contributed by atoms with Gasteiger partial charge in [0.05, 0.1) is 22.8 Å². The van der Waals surface area contributed by atoms with Gasteiger partial charge in [-0.25, -0.2) is 4.98 Å². The molecular weight excluding hydrogens is 312 g/mol. The van der Waals surface area contributed by atoms with Crippen molar-refractivity contribution in [1.82, 2.24) is 15.3 Å². The Balaban J connectivity index is 1.68. The van der Waals surface area contributed by atoms with Crippen LogP contribution in [-0.2, 0) is 0 Å². The number of carbonyl (C=O) groups excluding carboxylic acids is 1. The third kappa shape index (κ3) is 3.45. The lowest BCUT2D eigenvalue weighted by Gasteiger charge is -2.16. The number of hydrogen-bond donors (Lipinski definition) is 2. The van der Waals surface area contributed by atoms with Gasteiger partial charge in [-0.1, -0.05) is 24.3 Å². The summed E-state index contributed by atoms with van der Waals surface area (Å²) in [6.07, 6.45) is 3.91. The van der Waals surface area contributed by atoms with E-state index in [0.717, 1.165) is 29.4 Å². The molecule has 0 radical (unpaired) electrons. The smallest absolute Gasteiger partial charge is 0.252 e. The quantitative estimate of drug-likeness (QED) is 0.748. The first-order valence-corrected chi connectivity index (χ1v) is 8.59. The van der Waals surface area contributed by atoms with Crippen molar-refractivity contribution in [2.75, 3.05) is 5.32 Å². The molecule has 1 aromatic carbocycles. The topological polar surface area (TPSA) is 66.9 Å². The lowest BCUT2D eigenvalue weighted by Crippen LogP contribution is -2.26. The standard InChI is InChI=1S/C20H20N4O/c1-13(17-7-4-5-11-21-17)22-19-12-16(20(25)23-14-9-10-14)15-6-2-3-8-18(15)24-19/h2-8,11-14H,9-10H2,1H3,(H,22,24)(H,23,25). The van der Waals surface area contributed by atoms with E-state index in [1.54, 1.807) is 6.20 Å². The number of nitrogens with one attached hydrogen (secondary N) is 2. The predicted molar refractivity (Wildman–Crippen MR) is 98.5 cm³/mol. The fraction of sp³-hybridized carbons (Fsp3) is 0.250. The Morgan fingerprint density at radius 3 is 2.72 bits per heavy atom. The number of hydrogen-bond acceptors (Lipinski definition) is 4. The van der Waals surface area contributed by atoms with E-state index < -0.39 is 0 Å². The maximum absolute atomic E-state index is 12.6. The lowest BCUT2D eigenvalue weighted by molar-refractivity contribution is 0.0952. The van der Waals surface area contributed by atoms with Crippen molar-refractivity contribution in [3.63, 3.8) is 0 Å². The minimum absolute atomic E-state index is 0.00537. The Bertz CT molecular complexity index is 906. The van der Waals surface area contributed by atoms with E-state index in [9.17, 15) is 4.79 Å². The molecule has 2 N–H and O–H groups in total. The van der Waals surface area contributed by atoms with E-state index in [1.165, 1.54) is 0 Å². The number of rotatable bonds is 5. The summed E-state index contributed by atoms with van der Waals surface area (Å²) in [5.41, 5.74) is 2.40. The van der Waals surface area contributed by atoms with E-state index in [-0.39, 0.29) is 11.9 Å². The molecule has 1 fully saturated rings.